The smallest absolute Gasteiger partial charge is 0.124 e. The van der Waals surface area contributed by atoms with Crippen LogP contribution in [-0.2, 0) is 0 Å². The van der Waals surface area contributed by atoms with E-state index in [-0.39, 0.29) is 5.82 Å². The summed E-state index contributed by atoms with van der Waals surface area (Å²) in [6.07, 6.45) is 3.42. The zero-order valence-corrected chi connectivity index (χ0v) is 6.71. The van der Waals surface area contributed by atoms with E-state index in [1.165, 1.54) is 12.1 Å². The molecule has 2 aromatic rings. The Kier molecular flexibility index (Phi) is 1.54. The first-order chi connectivity index (χ1) is 5.77. The van der Waals surface area contributed by atoms with Crippen LogP contribution < -0.4 is 0 Å². The molecule has 1 heterocycles. The molecular formula is C10H8FN. The van der Waals surface area contributed by atoms with Gasteiger partial charge in [-0.15, -0.1) is 0 Å². The Hall–Kier alpha value is -1.44. The summed E-state index contributed by atoms with van der Waals surface area (Å²) in [5.74, 6) is -0.189. The van der Waals surface area contributed by atoms with E-state index in [0.717, 1.165) is 16.3 Å². The minimum atomic E-state index is -0.189. The lowest BCUT2D eigenvalue weighted by Crippen LogP contribution is -1.82. The number of hydrogen-bond acceptors (Lipinski definition) is 1. The van der Waals surface area contributed by atoms with Crippen molar-refractivity contribution in [1.82, 2.24) is 4.98 Å². The van der Waals surface area contributed by atoms with Crippen molar-refractivity contribution in [2.45, 2.75) is 6.92 Å². The van der Waals surface area contributed by atoms with Crippen molar-refractivity contribution in [3.8, 4) is 0 Å². The fourth-order valence-corrected chi connectivity index (χ4v) is 1.34. The molecule has 0 unspecified atom stereocenters. The number of fused-ring (bicyclic) bond motifs is 1. The molecule has 2 heteroatoms. The van der Waals surface area contributed by atoms with Gasteiger partial charge in [-0.3, -0.25) is 4.98 Å². The Bertz CT molecular complexity index is 423. The molecule has 2 rings (SSSR count). The van der Waals surface area contributed by atoms with E-state index >= 15 is 0 Å². The molecule has 0 N–H and O–H groups in total. The molecule has 1 aromatic carbocycles. The minimum Gasteiger partial charge on any atom is -0.264 e. The van der Waals surface area contributed by atoms with Gasteiger partial charge in [0, 0.05) is 17.8 Å². The summed E-state index contributed by atoms with van der Waals surface area (Å²) in [4.78, 5) is 3.98. The van der Waals surface area contributed by atoms with E-state index in [1.807, 2.05) is 13.0 Å². The maximum absolute atomic E-state index is 12.9. The van der Waals surface area contributed by atoms with Crippen molar-refractivity contribution in [2.75, 3.05) is 0 Å². The maximum Gasteiger partial charge on any atom is 0.124 e. The monoisotopic (exact) mass is 161 g/mol. The van der Waals surface area contributed by atoms with Crippen molar-refractivity contribution in [1.29, 1.82) is 0 Å². The van der Waals surface area contributed by atoms with Gasteiger partial charge in [0.25, 0.3) is 0 Å². The van der Waals surface area contributed by atoms with Crippen LogP contribution in [0.5, 0.6) is 0 Å². The van der Waals surface area contributed by atoms with E-state index < -0.39 is 0 Å². The fraction of sp³-hybridized carbons (Fsp3) is 0.100. The molecule has 0 aliphatic rings. The molecule has 0 radical (unpaired) electrons. The molecule has 0 aliphatic heterocycles. The number of benzene rings is 1. The molecule has 0 fully saturated rings. The number of rotatable bonds is 0. The number of aromatic nitrogens is 1. The van der Waals surface area contributed by atoms with Gasteiger partial charge in [-0.25, -0.2) is 4.39 Å². The van der Waals surface area contributed by atoms with Crippen LogP contribution in [0.3, 0.4) is 0 Å². The van der Waals surface area contributed by atoms with Crippen LogP contribution in [0.4, 0.5) is 4.39 Å². The van der Waals surface area contributed by atoms with Crippen LogP contribution in [-0.4, -0.2) is 4.98 Å². The Morgan fingerprint density at radius 2 is 2.17 bits per heavy atom. The first-order valence-corrected chi connectivity index (χ1v) is 3.77. The molecule has 0 amide bonds. The standard InChI is InChI=1S/C10H8FN/c1-7-4-9(11)5-8-2-3-12-6-10(7)8/h2-6H,1H3. The van der Waals surface area contributed by atoms with Crippen molar-refractivity contribution in [3.63, 3.8) is 0 Å². The summed E-state index contributed by atoms with van der Waals surface area (Å²) in [6.45, 7) is 1.88. The molecule has 0 saturated heterocycles. The third-order valence-electron chi connectivity index (χ3n) is 1.93. The summed E-state index contributed by atoms with van der Waals surface area (Å²) in [5.41, 5.74) is 0.929. The highest BCUT2D eigenvalue weighted by Gasteiger charge is 1.98. The second-order valence-corrected chi connectivity index (χ2v) is 2.82. The number of halogens is 1. The van der Waals surface area contributed by atoms with Gasteiger partial charge in [0.1, 0.15) is 5.82 Å². The lowest BCUT2D eigenvalue weighted by atomic mass is 10.1. The molecule has 0 atom stereocenters. The Balaban J connectivity index is 2.89. The SMILES string of the molecule is Cc1cc(F)cc2ccncc12. The molecular weight excluding hydrogens is 153 g/mol. The third kappa shape index (κ3) is 1.05. The lowest BCUT2D eigenvalue weighted by molar-refractivity contribution is 0.628. The van der Waals surface area contributed by atoms with E-state index in [4.69, 9.17) is 0 Å². The van der Waals surface area contributed by atoms with Crippen LogP contribution in [0.25, 0.3) is 10.8 Å². The highest BCUT2D eigenvalue weighted by Crippen LogP contribution is 2.18. The van der Waals surface area contributed by atoms with Gasteiger partial charge < -0.3 is 0 Å². The van der Waals surface area contributed by atoms with Gasteiger partial charge in [0.15, 0.2) is 0 Å². The second-order valence-electron chi connectivity index (χ2n) is 2.82. The third-order valence-corrected chi connectivity index (χ3v) is 1.93. The second kappa shape index (κ2) is 2.55. The topological polar surface area (TPSA) is 12.9 Å². The highest BCUT2D eigenvalue weighted by atomic mass is 19.1. The zero-order valence-electron chi connectivity index (χ0n) is 6.71. The summed E-state index contributed by atoms with van der Waals surface area (Å²) in [5, 5.41) is 1.92. The van der Waals surface area contributed by atoms with E-state index in [0.29, 0.717) is 0 Å². The molecule has 0 saturated carbocycles. The van der Waals surface area contributed by atoms with E-state index in [2.05, 4.69) is 4.98 Å². The van der Waals surface area contributed by atoms with Gasteiger partial charge >= 0.3 is 0 Å². The van der Waals surface area contributed by atoms with E-state index in [9.17, 15) is 4.39 Å². The zero-order chi connectivity index (χ0) is 8.55. The lowest BCUT2D eigenvalue weighted by Gasteiger charge is -2.00. The molecule has 1 nitrogen and oxygen atoms in total. The number of aryl methyl sites for hydroxylation is 1. The van der Waals surface area contributed by atoms with Crippen molar-refractivity contribution in [3.05, 3.63) is 42.0 Å². The van der Waals surface area contributed by atoms with Crippen LogP contribution in [0.2, 0.25) is 0 Å². The van der Waals surface area contributed by atoms with Crippen molar-refractivity contribution in [2.24, 2.45) is 0 Å². The summed E-state index contributed by atoms with van der Waals surface area (Å²) in [7, 11) is 0. The van der Waals surface area contributed by atoms with E-state index in [1.54, 1.807) is 12.4 Å². The predicted molar refractivity (Wildman–Crippen MR) is 46.4 cm³/mol. The van der Waals surface area contributed by atoms with Gasteiger partial charge in [-0.1, -0.05) is 0 Å². The Labute approximate surface area is 69.9 Å². The Morgan fingerprint density at radius 3 is 3.00 bits per heavy atom. The Morgan fingerprint density at radius 1 is 1.33 bits per heavy atom. The quantitative estimate of drug-likeness (QED) is 0.578. The summed E-state index contributed by atoms with van der Waals surface area (Å²) in [6, 6.07) is 4.85. The highest BCUT2D eigenvalue weighted by molar-refractivity contribution is 5.84. The molecule has 60 valence electrons. The van der Waals surface area contributed by atoms with Gasteiger partial charge in [-0.2, -0.15) is 0 Å². The van der Waals surface area contributed by atoms with Crippen molar-refractivity contribution < 1.29 is 4.39 Å². The first-order valence-electron chi connectivity index (χ1n) is 3.77. The van der Waals surface area contributed by atoms with Crippen molar-refractivity contribution >= 4 is 10.8 Å². The van der Waals surface area contributed by atoms with Crippen LogP contribution in [0, 0.1) is 12.7 Å². The first kappa shape index (κ1) is 7.22. The molecule has 0 spiro atoms. The largest absolute Gasteiger partial charge is 0.264 e. The van der Waals surface area contributed by atoms with Gasteiger partial charge in [0.2, 0.25) is 0 Å². The molecule has 12 heavy (non-hydrogen) atoms. The molecule has 1 aromatic heterocycles. The average Bonchev–Trinajstić information content (AvgIpc) is 2.04. The summed E-state index contributed by atoms with van der Waals surface area (Å²) >= 11 is 0. The minimum absolute atomic E-state index is 0.189. The van der Waals surface area contributed by atoms with Crippen LogP contribution >= 0.6 is 0 Å². The normalized spacial score (nSPS) is 10.5. The number of nitrogens with zero attached hydrogens (tertiary/aromatic N) is 1. The summed E-state index contributed by atoms with van der Waals surface area (Å²) < 4.78 is 12.9. The maximum atomic E-state index is 12.9. The molecule has 0 aliphatic carbocycles. The van der Waals surface area contributed by atoms with Crippen LogP contribution in [0.1, 0.15) is 5.56 Å². The number of pyridine rings is 1. The average molecular weight is 161 g/mol. The van der Waals surface area contributed by atoms with Gasteiger partial charge in [-0.05, 0) is 36.1 Å². The van der Waals surface area contributed by atoms with Gasteiger partial charge in [0.05, 0.1) is 0 Å². The predicted octanol–water partition coefficient (Wildman–Crippen LogP) is 2.68. The fourth-order valence-electron chi connectivity index (χ4n) is 1.34. The van der Waals surface area contributed by atoms with Crippen LogP contribution in [0.15, 0.2) is 30.6 Å². The number of hydrogen-bond donors (Lipinski definition) is 0. The molecule has 0 bridgehead atoms.